The van der Waals surface area contributed by atoms with Crippen molar-refractivity contribution in [3.63, 3.8) is 0 Å². The van der Waals surface area contributed by atoms with Crippen LogP contribution < -0.4 is 5.56 Å². The number of rotatable bonds is 0. The Kier molecular flexibility index (Phi) is 3.12. The fourth-order valence-corrected chi connectivity index (χ4v) is 1.21. The molecule has 0 saturated carbocycles. The van der Waals surface area contributed by atoms with E-state index in [1.807, 2.05) is 39.8 Å². The van der Waals surface area contributed by atoms with E-state index in [9.17, 15) is 4.79 Å². The molecule has 1 aromatic carbocycles. The van der Waals surface area contributed by atoms with Gasteiger partial charge in [0, 0.05) is 0 Å². The Morgan fingerprint density at radius 1 is 1.14 bits per heavy atom. The van der Waals surface area contributed by atoms with Gasteiger partial charge in [-0.05, 0) is 37.1 Å². The molecule has 0 fully saturated rings. The summed E-state index contributed by atoms with van der Waals surface area (Å²) in [4.78, 5) is 11.1. The van der Waals surface area contributed by atoms with Crippen LogP contribution in [-0.4, -0.2) is 5.16 Å². The molecule has 1 aromatic heterocycles. The highest BCUT2D eigenvalue weighted by atomic mass is 16.5. The molecule has 1 N–H and O–H groups in total. The van der Waals surface area contributed by atoms with Gasteiger partial charge in [0.1, 0.15) is 0 Å². The van der Waals surface area contributed by atoms with Crippen molar-refractivity contribution in [3.05, 3.63) is 33.6 Å². The van der Waals surface area contributed by atoms with Gasteiger partial charge in [-0.3, -0.25) is 4.79 Å². The van der Waals surface area contributed by atoms with Gasteiger partial charge >= 0.3 is 0 Å². The molecule has 0 unspecified atom stereocenters. The quantitative estimate of drug-likeness (QED) is 0.699. The Balaban J connectivity index is 0.000000461. The molecule has 14 heavy (non-hydrogen) atoms. The van der Waals surface area contributed by atoms with Crippen LogP contribution in [0.5, 0.6) is 0 Å². The lowest BCUT2D eigenvalue weighted by molar-refractivity contribution is 0.449. The highest BCUT2D eigenvalue weighted by Gasteiger charge is 2.04. The highest BCUT2D eigenvalue weighted by molar-refractivity contribution is 5.77. The summed E-state index contributed by atoms with van der Waals surface area (Å²) in [6.45, 7) is 7.96. The minimum atomic E-state index is -0.159. The van der Waals surface area contributed by atoms with Crippen molar-refractivity contribution >= 4 is 11.0 Å². The fraction of sp³-hybridized carbons (Fsp3) is 0.364. The van der Waals surface area contributed by atoms with E-state index in [0.717, 1.165) is 11.1 Å². The first-order valence-electron chi connectivity index (χ1n) is 4.77. The maximum Gasteiger partial charge on any atom is 0.287 e. The molecule has 0 atom stereocenters. The monoisotopic (exact) mass is 193 g/mol. The Morgan fingerprint density at radius 3 is 2.36 bits per heavy atom. The first-order valence-corrected chi connectivity index (χ1v) is 4.77. The summed E-state index contributed by atoms with van der Waals surface area (Å²) in [5.74, 6) is 0. The number of benzene rings is 1. The number of aryl methyl sites for hydroxylation is 2. The SMILES string of the molecule is CC.Cc1cc2o[nH]c(=O)c2cc1C. The van der Waals surface area contributed by atoms with Crippen LogP contribution in [0.2, 0.25) is 0 Å². The van der Waals surface area contributed by atoms with Crippen molar-refractivity contribution < 1.29 is 4.52 Å². The molecule has 76 valence electrons. The summed E-state index contributed by atoms with van der Waals surface area (Å²) in [6.07, 6.45) is 0. The van der Waals surface area contributed by atoms with Gasteiger partial charge in [-0.15, -0.1) is 0 Å². The molecule has 0 aliphatic heterocycles. The number of hydrogen-bond acceptors (Lipinski definition) is 2. The molecule has 0 aliphatic rings. The van der Waals surface area contributed by atoms with Crippen molar-refractivity contribution in [2.45, 2.75) is 27.7 Å². The van der Waals surface area contributed by atoms with Gasteiger partial charge in [-0.1, -0.05) is 13.8 Å². The molecule has 0 bridgehead atoms. The average Bonchev–Trinajstić information content (AvgIpc) is 2.53. The van der Waals surface area contributed by atoms with Crippen LogP contribution in [0.4, 0.5) is 0 Å². The van der Waals surface area contributed by atoms with Crippen molar-refractivity contribution in [3.8, 4) is 0 Å². The largest absolute Gasteiger partial charge is 0.378 e. The molecule has 0 aliphatic carbocycles. The summed E-state index contributed by atoms with van der Waals surface area (Å²) in [7, 11) is 0. The predicted octanol–water partition coefficient (Wildman–Crippen LogP) is 2.76. The van der Waals surface area contributed by atoms with Crippen LogP contribution in [0, 0.1) is 13.8 Å². The maximum atomic E-state index is 11.1. The lowest BCUT2D eigenvalue weighted by Crippen LogP contribution is -1.96. The smallest absolute Gasteiger partial charge is 0.287 e. The molecule has 0 amide bonds. The van der Waals surface area contributed by atoms with Crippen LogP contribution >= 0.6 is 0 Å². The zero-order valence-corrected chi connectivity index (χ0v) is 8.97. The number of nitrogens with one attached hydrogen (secondary N) is 1. The zero-order valence-electron chi connectivity index (χ0n) is 8.97. The second-order valence-corrected chi connectivity index (χ2v) is 2.97. The minimum absolute atomic E-state index is 0.159. The van der Waals surface area contributed by atoms with Crippen LogP contribution in [0.15, 0.2) is 21.5 Å². The van der Waals surface area contributed by atoms with Crippen molar-refractivity contribution in [2.24, 2.45) is 0 Å². The number of aromatic amines is 1. The summed E-state index contributed by atoms with van der Waals surface area (Å²) < 4.78 is 4.95. The van der Waals surface area contributed by atoms with E-state index >= 15 is 0 Å². The molecule has 3 nitrogen and oxygen atoms in total. The van der Waals surface area contributed by atoms with Gasteiger partial charge in [-0.25, -0.2) is 0 Å². The minimum Gasteiger partial charge on any atom is -0.378 e. The van der Waals surface area contributed by atoms with Crippen LogP contribution in [-0.2, 0) is 0 Å². The summed E-state index contributed by atoms with van der Waals surface area (Å²) >= 11 is 0. The molecule has 3 heteroatoms. The third-order valence-corrected chi connectivity index (χ3v) is 2.09. The van der Waals surface area contributed by atoms with Gasteiger partial charge in [0.15, 0.2) is 5.58 Å². The number of aromatic nitrogens is 1. The van der Waals surface area contributed by atoms with E-state index in [2.05, 4.69) is 5.16 Å². The van der Waals surface area contributed by atoms with Crippen LogP contribution in [0.25, 0.3) is 11.0 Å². The second-order valence-electron chi connectivity index (χ2n) is 2.97. The van der Waals surface area contributed by atoms with Crippen molar-refractivity contribution in [1.82, 2.24) is 5.16 Å². The van der Waals surface area contributed by atoms with E-state index in [1.165, 1.54) is 0 Å². The summed E-state index contributed by atoms with van der Waals surface area (Å²) in [5, 5.41) is 2.92. The molecule has 0 spiro atoms. The third kappa shape index (κ3) is 1.71. The normalized spacial score (nSPS) is 9.71. The van der Waals surface area contributed by atoms with Crippen molar-refractivity contribution in [1.29, 1.82) is 0 Å². The molecule has 1 heterocycles. The standard InChI is InChI=1S/C9H9NO2.C2H6/c1-5-3-7-8(4-6(5)2)12-10-9(7)11;1-2/h3-4H,1-2H3,(H,10,11);1-2H3. The lowest BCUT2D eigenvalue weighted by atomic mass is 10.1. The first-order chi connectivity index (χ1) is 6.68. The Bertz CT molecular complexity index is 479. The predicted molar refractivity (Wildman–Crippen MR) is 57.7 cm³/mol. The summed E-state index contributed by atoms with van der Waals surface area (Å²) in [6, 6.07) is 3.70. The Morgan fingerprint density at radius 2 is 1.71 bits per heavy atom. The lowest BCUT2D eigenvalue weighted by Gasteiger charge is -1.95. The third-order valence-electron chi connectivity index (χ3n) is 2.09. The molecule has 2 aromatic rings. The van der Waals surface area contributed by atoms with Gasteiger partial charge in [-0.2, -0.15) is 5.16 Å². The molecule has 0 radical (unpaired) electrons. The van der Waals surface area contributed by atoms with E-state index in [1.54, 1.807) is 0 Å². The Labute approximate surface area is 82.7 Å². The van der Waals surface area contributed by atoms with Gasteiger partial charge in [0.2, 0.25) is 0 Å². The van der Waals surface area contributed by atoms with E-state index in [4.69, 9.17) is 4.52 Å². The second kappa shape index (κ2) is 4.13. The van der Waals surface area contributed by atoms with Gasteiger partial charge < -0.3 is 4.52 Å². The topological polar surface area (TPSA) is 46.0 Å². The van der Waals surface area contributed by atoms with E-state index < -0.39 is 0 Å². The fourth-order valence-electron chi connectivity index (χ4n) is 1.21. The highest BCUT2D eigenvalue weighted by Crippen LogP contribution is 2.15. The zero-order chi connectivity index (χ0) is 10.7. The van der Waals surface area contributed by atoms with E-state index in [0.29, 0.717) is 11.0 Å². The van der Waals surface area contributed by atoms with Gasteiger partial charge in [0.05, 0.1) is 5.39 Å². The molecule has 2 rings (SSSR count). The average molecular weight is 193 g/mol. The van der Waals surface area contributed by atoms with Crippen molar-refractivity contribution in [2.75, 3.05) is 0 Å². The first kappa shape index (κ1) is 10.6. The number of H-pyrrole nitrogens is 1. The molecular formula is C11H15NO2. The molecular weight excluding hydrogens is 178 g/mol. The van der Waals surface area contributed by atoms with E-state index in [-0.39, 0.29) is 5.56 Å². The Hall–Kier alpha value is -1.51. The van der Waals surface area contributed by atoms with Gasteiger partial charge in [0.25, 0.3) is 5.56 Å². The number of fused-ring (bicyclic) bond motifs is 1. The maximum absolute atomic E-state index is 11.1. The molecule has 0 saturated heterocycles. The summed E-state index contributed by atoms with van der Waals surface area (Å²) in [5.41, 5.74) is 2.70. The van der Waals surface area contributed by atoms with Crippen LogP contribution in [0.1, 0.15) is 25.0 Å². The number of hydrogen-bond donors (Lipinski definition) is 1. The van der Waals surface area contributed by atoms with Crippen LogP contribution in [0.3, 0.4) is 0 Å².